The number of nitrogen functional groups attached to an aromatic ring is 1. The van der Waals surface area contributed by atoms with Crippen molar-refractivity contribution >= 4 is 24.9 Å². The summed E-state index contributed by atoms with van der Waals surface area (Å²) in [6.07, 6.45) is -4.75. The number of anilines is 1. The van der Waals surface area contributed by atoms with Crippen LogP contribution in [0.3, 0.4) is 0 Å². The summed E-state index contributed by atoms with van der Waals surface area (Å²) in [5, 5.41) is 20.4. The monoisotopic (exact) mass is 436 g/mol. The van der Waals surface area contributed by atoms with E-state index < -0.39 is 37.9 Å². The van der Waals surface area contributed by atoms with Gasteiger partial charge in [0.1, 0.15) is 29.9 Å². The number of hydrogen-bond acceptors (Lipinski definition) is 11. The lowest BCUT2D eigenvalue weighted by Gasteiger charge is -2.34. The minimum atomic E-state index is -4.57. The van der Waals surface area contributed by atoms with E-state index in [4.69, 9.17) is 15.0 Å². The first-order chi connectivity index (χ1) is 14.2. The summed E-state index contributed by atoms with van der Waals surface area (Å²) in [4.78, 5) is 34.8. The summed E-state index contributed by atoms with van der Waals surface area (Å²) in [5.74, 6) is 0.0171. The number of aromatic amines is 1. The highest BCUT2D eigenvalue weighted by Crippen LogP contribution is 2.50. The molecule has 5 N–H and O–H groups in total. The fourth-order valence-corrected chi connectivity index (χ4v) is 4.55. The molecule has 13 nitrogen and oxygen atoms in total. The molecule has 2 aliphatic rings. The molecule has 3 unspecified atom stereocenters. The van der Waals surface area contributed by atoms with Crippen LogP contribution < -0.4 is 16.2 Å². The van der Waals surface area contributed by atoms with E-state index in [1.54, 1.807) is 12.1 Å². The van der Waals surface area contributed by atoms with Crippen LogP contribution in [0.5, 0.6) is 5.75 Å². The molecule has 5 atom stereocenters. The fourth-order valence-electron chi connectivity index (χ4n) is 3.60. The van der Waals surface area contributed by atoms with Gasteiger partial charge in [-0.1, -0.05) is 0 Å². The van der Waals surface area contributed by atoms with Gasteiger partial charge >= 0.3 is 0 Å². The number of aromatic nitrogens is 4. The Hall–Kier alpha value is -2.80. The molecule has 0 bridgehead atoms. The quantitative estimate of drug-likeness (QED) is 0.367. The zero-order valence-electron chi connectivity index (χ0n) is 15.0. The van der Waals surface area contributed by atoms with Crippen molar-refractivity contribution in [3.05, 3.63) is 34.6 Å². The highest BCUT2D eigenvalue weighted by atomic mass is 31.2. The Morgan fingerprint density at radius 2 is 2.03 bits per heavy atom. The molecule has 0 spiro atoms. The van der Waals surface area contributed by atoms with Crippen LogP contribution in [-0.4, -0.2) is 54.7 Å². The van der Waals surface area contributed by atoms with Crippen LogP contribution >= 0.6 is 7.82 Å². The summed E-state index contributed by atoms with van der Waals surface area (Å²) in [6, 6.07) is 5.93. The molecule has 0 amide bonds. The normalized spacial score (nSPS) is 31.1. The number of nitrogens with two attached hydrogens (primary N) is 1. The lowest BCUT2D eigenvalue weighted by atomic mass is 10.1. The van der Waals surface area contributed by atoms with Gasteiger partial charge in [0.05, 0.1) is 6.61 Å². The number of fused-ring (bicyclic) bond motifs is 2. The smallest absolute Gasteiger partial charge is 0.280 e. The van der Waals surface area contributed by atoms with Crippen LogP contribution in [0.15, 0.2) is 29.1 Å². The Bertz CT molecular complexity index is 1240. The van der Waals surface area contributed by atoms with E-state index in [0.29, 0.717) is 5.56 Å². The zero-order valence-corrected chi connectivity index (χ0v) is 15.9. The van der Waals surface area contributed by atoms with Gasteiger partial charge in [-0.2, -0.15) is 4.98 Å². The Kier molecular flexibility index (Phi) is 4.22. The molecular weight excluding hydrogens is 421 g/mol. The van der Waals surface area contributed by atoms with Crippen LogP contribution in [0.1, 0.15) is 6.23 Å². The number of nitrogens with zero attached hydrogens (tertiary/aromatic N) is 3. The number of phenolic OH excluding ortho intramolecular Hbond substituents is 1. The van der Waals surface area contributed by atoms with Gasteiger partial charge in [-0.25, -0.2) is 4.98 Å². The van der Waals surface area contributed by atoms with Crippen molar-refractivity contribution in [3.63, 3.8) is 0 Å². The highest BCUT2D eigenvalue weighted by Gasteiger charge is 2.51. The van der Waals surface area contributed by atoms with Crippen molar-refractivity contribution in [2.24, 2.45) is 0 Å². The topological polar surface area (TPSA) is 198 Å². The van der Waals surface area contributed by atoms with Gasteiger partial charge in [0.2, 0.25) is 5.95 Å². The average Bonchev–Trinajstić information content (AvgIpc) is 3.20. The van der Waals surface area contributed by atoms with Gasteiger partial charge in [0.25, 0.3) is 13.4 Å². The Labute approximate surface area is 167 Å². The Morgan fingerprint density at radius 1 is 1.30 bits per heavy atom. The predicted octanol–water partition coefficient (Wildman–Crippen LogP) is -0.784. The lowest BCUT2D eigenvalue weighted by molar-refractivity contribution is -0.245. The molecule has 0 saturated carbocycles. The number of phenols is 1. The van der Waals surface area contributed by atoms with E-state index in [9.17, 15) is 24.5 Å². The third kappa shape index (κ3) is 2.99. The lowest BCUT2D eigenvalue weighted by Crippen LogP contribution is -2.41. The minimum absolute atomic E-state index is 0.0153. The first kappa shape index (κ1) is 19.2. The predicted molar refractivity (Wildman–Crippen MR) is 98.0 cm³/mol. The van der Waals surface area contributed by atoms with Crippen LogP contribution in [0.25, 0.3) is 22.6 Å². The van der Waals surface area contributed by atoms with Crippen LogP contribution in [0.2, 0.25) is 0 Å². The summed E-state index contributed by atoms with van der Waals surface area (Å²) in [6.45, 7) is -0.337. The maximum atomic E-state index is 12.4. The second kappa shape index (κ2) is 6.60. The van der Waals surface area contributed by atoms with Crippen molar-refractivity contribution < 1.29 is 33.5 Å². The van der Waals surface area contributed by atoms with E-state index >= 15 is 0 Å². The Balaban J connectivity index is 1.70. The van der Waals surface area contributed by atoms with Crippen molar-refractivity contribution in [2.45, 2.75) is 24.5 Å². The summed E-state index contributed by atoms with van der Waals surface area (Å²) >= 11 is 0. The molecule has 1 aromatic carbocycles. The molecule has 3 aromatic rings. The third-order valence-electron chi connectivity index (χ3n) is 4.91. The van der Waals surface area contributed by atoms with Gasteiger partial charge in [0.15, 0.2) is 17.4 Å². The van der Waals surface area contributed by atoms with Gasteiger partial charge in [-0.05, 0) is 24.3 Å². The standard InChI is InChI=1S/C16H16N5O8P/c17-16-19-13-9(14(24)20-16)18-12(6-1-3-7(22)4-2-6)21(13)15-10(23)11-8(28-15)5-27-30(25,26)29-11/h1-4,8,10-11,15,22-23H,5H2,(H,25,26)(H3,17,19,20,24)/p-1/t8?,10?,11-,15-/m1/s1. The number of nitrogens with one attached hydrogen (secondary N) is 1. The minimum Gasteiger partial charge on any atom is -0.756 e. The van der Waals surface area contributed by atoms with E-state index in [-0.39, 0.29) is 35.3 Å². The number of hydrogen-bond donors (Lipinski definition) is 4. The molecule has 0 radical (unpaired) electrons. The molecule has 14 heteroatoms. The molecule has 0 aliphatic carbocycles. The molecule has 158 valence electrons. The molecule has 2 saturated heterocycles. The number of aliphatic hydroxyl groups excluding tert-OH is 1. The van der Waals surface area contributed by atoms with Gasteiger partial charge in [-0.15, -0.1) is 0 Å². The number of H-pyrrole nitrogens is 1. The summed E-state index contributed by atoms with van der Waals surface area (Å²) < 4.78 is 28.3. The van der Waals surface area contributed by atoms with Gasteiger partial charge in [-0.3, -0.25) is 18.9 Å². The number of aromatic hydroxyl groups is 1. The highest BCUT2D eigenvalue weighted by molar-refractivity contribution is 7.45. The third-order valence-corrected chi connectivity index (χ3v) is 5.87. The molecule has 2 aromatic heterocycles. The number of rotatable bonds is 2. The molecule has 2 fully saturated rings. The van der Waals surface area contributed by atoms with E-state index in [2.05, 4.69) is 19.5 Å². The molecular formula is C16H15N5O8P-. The second-order valence-corrected chi connectivity index (χ2v) is 8.21. The molecule has 2 aliphatic heterocycles. The van der Waals surface area contributed by atoms with Crippen molar-refractivity contribution in [3.8, 4) is 17.1 Å². The number of phosphoric acid groups is 1. The fraction of sp³-hybridized carbons (Fsp3) is 0.312. The van der Waals surface area contributed by atoms with Crippen LogP contribution in [0.4, 0.5) is 5.95 Å². The SMILES string of the molecule is Nc1nc2c(nc(-c3ccc(O)cc3)n2[C@@H]2OC3COP(=O)([O-])O[C@H]3C2O)c(=O)[nH]1. The number of aliphatic hydroxyl groups is 1. The number of imidazole rings is 1. The average molecular weight is 436 g/mol. The van der Waals surface area contributed by atoms with Gasteiger partial charge < -0.3 is 34.6 Å². The molecule has 5 rings (SSSR count). The molecule has 30 heavy (non-hydrogen) atoms. The number of ether oxygens (including phenoxy) is 1. The largest absolute Gasteiger partial charge is 0.756 e. The maximum absolute atomic E-state index is 12.4. The van der Waals surface area contributed by atoms with Crippen LogP contribution in [0, 0.1) is 0 Å². The maximum Gasteiger partial charge on any atom is 0.280 e. The second-order valence-electron chi connectivity index (χ2n) is 6.84. The number of benzene rings is 1. The Morgan fingerprint density at radius 3 is 2.77 bits per heavy atom. The number of phosphoric ester groups is 1. The first-order valence-electron chi connectivity index (χ1n) is 8.78. The van der Waals surface area contributed by atoms with Gasteiger partial charge in [0, 0.05) is 5.56 Å². The van der Waals surface area contributed by atoms with Crippen molar-refractivity contribution in [1.82, 2.24) is 19.5 Å². The first-order valence-corrected chi connectivity index (χ1v) is 10.2. The van der Waals surface area contributed by atoms with E-state index in [0.717, 1.165) is 0 Å². The summed E-state index contributed by atoms with van der Waals surface area (Å²) in [7, 11) is -4.57. The van der Waals surface area contributed by atoms with Crippen molar-refractivity contribution in [2.75, 3.05) is 12.3 Å². The van der Waals surface area contributed by atoms with Crippen molar-refractivity contribution in [1.29, 1.82) is 0 Å². The zero-order chi connectivity index (χ0) is 21.2. The van der Waals surface area contributed by atoms with Crippen LogP contribution in [-0.2, 0) is 18.3 Å². The van der Waals surface area contributed by atoms with E-state index in [1.807, 2.05) is 0 Å². The molecule has 4 heterocycles. The summed E-state index contributed by atoms with van der Waals surface area (Å²) in [5.41, 5.74) is 5.50. The van der Waals surface area contributed by atoms with E-state index in [1.165, 1.54) is 16.7 Å².